The molecule has 3 aromatic rings. The Morgan fingerprint density at radius 2 is 1.94 bits per heavy atom. The molecule has 0 radical (unpaired) electrons. The second-order valence-electron chi connectivity index (χ2n) is 4.13. The van der Waals surface area contributed by atoms with E-state index in [-0.39, 0.29) is 0 Å². The molecule has 2 aromatic heterocycles. The Morgan fingerprint density at radius 3 is 2.78 bits per heavy atom. The van der Waals surface area contributed by atoms with E-state index in [1.165, 1.54) is 5.56 Å². The van der Waals surface area contributed by atoms with Crippen molar-refractivity contribution in [3.63, 3.8) is 0 Å². The molecule has 0 aliphatic carbocycles. The van der Waals surface area contributed by atoms with Crippen molar-refractivity contribution in [2.24, 2.45) is 0 Å². The van der Waals surface area contributed by atoms with Gasteiger partial charge in [-0.1, -0.05) is 0 Å². The number of pyridine rings is 1. The van der Waals surface area contributed by atoms with Crippen molar-refractivity contribution in [3.05, 3.63) is 41.2 Å². The van der Waals surface area contributed by atoms with Crippen molar-refractivity contribution >= 4 is 22.2 Å². The summed E-state index contributed by atoms with van der Waals surface area (Å²) in [5, 5.41) is 5.26. The zero-order valence-electron chi connectivity index (χ0n) is 9.42. The van der Waals surface area contributed by atoms with Gasteiger partial charge in [-0.25, -0.2) is 0 Å². The molecule has 0 saturated heterocycles. The lowest BCUT2D eigenvalue weighted by molar-refractivity contribution is 0.174. The monoisotopic (exact) mass is 255 g/mol. The molecule has 3 heterocycles. The fraction of sp³-hybridized carbons (Fsp3) is 0.0714. The average Bonchev–Trinajstić information content (AvgIpc) is 3.06. The SMILES string of the molecule is c1cc(-c2cnc3cc4c(cc3c2)OCO4)cs1. The molecule has 88 valence electrons. The van der Waals surface area contributed by atoms with Crippen LogP contribution in [-0.2, 0) is 0 Å². The Bertz CT molecular complexity index is 722. The van der Waals surface area contributed by atoms with Gasteiger partial charge in [0.2, 0.25) is 6.79 Å². The van der Waals surface area contributed by atoms with E-state index in [0.29, 0.717) is 6.79 Å². The van der Waals surface area contributed by atoms with E-state index in [4.69, 9.17) is 9.47 Å². The molecule has 18 heavy (non-hydrogen) atoms. The summed E-state index contributed by atoms with van der Waals surface area (Å²) in [5.74, 6) is 1.57. The van der Waals surface area contributed by atoms with Crippen LogP contribution in [0.2, 0.25) is 0 Å². The van der Waals surface area contributed by atoms with Gasteiger partial charge >= 0.3 is 0 Å². The second kappa shape index (κ2) is 3.71. The number of hydrogen-bond acceptors (Lipinski definition) is 4. The highest BCUT2D eigenvalue weighted by atomic mass is 32.1. The van der Waals surface area contributed by atoms with E-state index in [1.807, 2.05) is 18.3 Å². The third kappa shape index (κ3) is 1.46. The fourth-order valence-corrected chi connectivity index (χ4v) is 2.77. The molecule has 0 atom stereocenters. The van der Waals surface area contributed by atoms with Crippen molar-refractivity contribution < 1.29 is 9.47 Å². The Morgan fingerprint density at radius 1 is 1.06 bits per heavy atom. The number of hydrogen-bond donors (Lipinski definition) is 0. The van der Waals surface area contributed by atoms with Crippen LogP contribution in [0.5, 0.6) is 11.5 Å². The van der Waals surface area contributed by atoms with Crippen LogP contribution in [0.25, 0.3) is 22.0 Å². The number of fused-ring (bicyclic) bond motifs is 2. The van der Waals surface area contributed by atoms with E-state index in [0.717, 1.165) is 28.0 Å². The van der Waals surface area contributed by atoms with Gasteiger partial charge in [-0.15, -0.1) is 0 Å². The van der Waals surface area contributed by atoms with Crippen LogP contribution in [0.15, 0.2) is 41.2 Å². The number of thiophene rings is 1. The first-order chi connectivity index (χ1) is 8.90. The van der Waals surface area contributed by atoms with Crippen LogP contribution in [-0.4, -0.2) is 11.8 Å². The minimum absolute atomic E-state index is 0.295. The maximum Gasteiger partial charge on any atom is 0.231 e. The minimum Gasteiger partial charge on any atom is -0.454 e. The van der Waals surface area contributed by atoms with Crippen LogP contribution >= 0.6 is 11.3 Å². The molecule has 3 nitrogen and oxygen atoms in total. The van der Waals surface area contributed by atoms with Crippen molar-refractivity contribution in [2.75, 3.05) is 6.79 Å². The highest BCUT2D eigenvalue weighted by Gasteiger charge is 2.14. The summed E-state index contributed by atoms with van der Waals surface area (Å²) < 4.78 is 10.7. The molecule has 0 fully saturated rings. The third-order valence-electron chi connectivity index (χ3n) is 3.03. The van der Waals surface area contributed by atoms with Gasteiger partial charge in [-0.3, -0.25) is 4.98 Å². The van der Waals surface area contributed by atoms with E-state index in [2.05, 4.69) is 27.9 Å². The van der Waals surface area contributed by atoms with Crippen molar-refractivity contribution in [3.8, 4) is 22.6 Å². The van der Waals surface area contributed by atoms with E-state index in [1.54, 1.807) is 11.3 Å². The van der Waals surface area contributed by atoms with E-state index < -0.39 is 0 Å². The molecular formula is C14H9NO2S. The zero-order valence-corrected chi connectivity index (χ0v) is 10.2. The standard InChI is InChI=1S/C14H9NO2S/c1-2-18-7-9(1)11-3-10-4-13-14(17-8-16-13)5-12(10)15-6-11/h1-7H,8H2. The summed E-state index contributed by atoms with van der Waals surface area (Å²) >= 11 is 1.69. The molecule has 1 aliphatic rings. The van der Waals surface area contributed by atoms with Gasteiger partial charge in [0.25, 0.3) is 0 Å². The zero-order chi connectivity index (χ0) is 11.9. The second-order valence-corrected chi connectivity index (χ2v) is 4.91. The predicted octanol–water partition coefficient (Wildman–Crippen LogP) is 3.69. The Labute approximate surface area is 108 Å². The number of rotatable bonds is 1. The van der Waals surface area contributed by atoms with Crippen molar-refractivity contribution in [2.45, 2.75) is 0 Å². The summed E-state index contributed by atoms with van der Waals surface area (Å²) in [7, 11) is 0. The molecule has 0 bridgehead atoms. The van der Waals surface area contributed by atoms with Crippen LogP contribution in [0.4, 0.5) is 0 Å². The Kier molecular flexibility index (Phi) is 2.04. The molecule has 1 aliphatic heterocycles. The molecule has 4 heteroatoms. The van der Waals surface area contributed by atoms with Crippen molar-refractivity contribution in [1.82, 2.24) is 4.98 Å². The quantitative estimate of drug-likeness (QED) is 0.664. The number of ether oxygens (including phenoxy) is 2. The number of aromatic nitrogens is 1. The van der Waals surface area contributed by atoms with Gasteiger partial charge in [0.05, 0.1) is 5.52 Å². The van der Waals surface area contributed by atoms with Crippen molar-refractivity contribution in [1.29, 1.82) is 0 Å². The van der Waals surface area contributed by atoms with Gasteiger partial charge in [0, 0.05) is 23.2 Å². The molecule has 0 amide bonds. The van der Waals surface area contributed by atoms with Gasteiger partial charge in [0.1, 0.15) is 0 Å². The summed E-state index contributed by atoms with van der Waals surface area (Å²) in [4.78, 5) is 4.48. The maximum atomic E-state index is 5.39. The smallest absolute Gasteiger partial charge is 0.231 e. The highest BCUT2D eigenvalue weighted by molar-refractivity contribution is 7.08. The van der Waals surface area contributed by atoms with Gasteiger partial charge < -0.3 is 9.47 Å². The van der Waals surface area contributed by atoms with Crippen LogP contribution in [0, 0.1) is 0 Å². The average molecular weight is 255 g/mol. The summed E-state index contributed by atoms with van der Waals surface area (Å²) in [6.45, 7) is 0.295. The maximum absolute atomic E-state index is 5.39. The topological polar surface area (TPSA) is 31.4 Å². The van der Waals surface area contributed by atoms with E-state index >= 15 is 0 Å². The molecule has 1 aromatic carbocycles. The van der Waals surface area contributed by atoms with Crippen LogP contribution in [0.3, 0.4) is 0 Å². The molecule has 0 unspecified atom stereocenters. The fourth-order valence-electron chi connectivity index (χ4n) is 2.10. The Balaban J connectivity index is 1.92. The molecular weight excluding hydrogens is 246 g/mol. The molecule has 4 rings (SSSR count). The first kappa shape index (κ1) is 9.91. The van der Waals surface area contributed by atoms with Crippen LogP contribution < -0.4 is 9.47 Å². The largest absolute Gasteiger partial charge is 0.454 e. The molecule has 0 spiro atoms. The predicted molar refractivity (Wildman–Crippen MR) is 71.2 cm³/mol. The summed E-state index contributed by atoms with van der Waals surface area (Å²) in [6, 6.07) is 8.14. The van der Waals surface area contributed by atoms with Gasteiger partial charge in [0.15, 0.2) is 11.5 Å². The lowest BCUT2D eigenvalue weighted by atomic mass is 10.1. The highest BCUT2D eigenvalue weighted by Crippen LogP contribution is 2.36. The van der Waals surface area contributed by atoms with Crippen LogP contribution in [0.1, 0.15) is 0 Å². The Hall–Kier alpha value is -2.07. The summed E-state index contributed by atoms with van der Waals surface area (Å²) in [6.07, 6.45) is 1.90. The number of nitrogens with zero attached hydrogens (tertiary/aromatic N) is 1. The third-order valence-corrected chi connectivity index (χ3v) is 3.71. The lowest BCUT2D eigenvalue weighted by Gasteiger charge is -2.03. The van der Waals surface area contributed by atoms with E-state index in [9.17, 15) is 0 Å². The lowest BCUT2D eigenvalue weighted by Crippen LogP contribution is -1.92. The van der Waals surface area contributed by atoms with Gasteiger partial charge in [-0.05, 0) is 34.5 Å². The van der Waals surface area contributed by atoms with Gasteiger partial charge in [-0.2, -0.15) is 11.3 Å². The normalized spacial score (nSPS) is 13.1. The first-order valence-electron chi connectivity index (χ1n) is 5.62. The number of benzene rings is 1. The summed E-state index contributed by atoms with van der Waals surface area (Å²) in [5.41, 5.74) is 3.26. The first-order valence-corrected chi connectivity index (χ1v) is 6.56. The minimum atomic E-state index is 0.295. The molecule has 0 N–H and O–H groups in total. The molecule has 0 saturated carbocycles.